The Morgan fingerprint density at radius 3 is 2.88 bits per heavy atom. The molecule has 24 heavy (non-hydrogen) atoms. The number of hydrogen-bond acceptors (Lipinski definition) is 4. The lowest BCUT2D eigenvalue weighted by atomic mass is 10.0. The minimum absolute atomic E-state index is 0.0566. The Morgan fingerprint density at radius 2 is 2.17 bits per heavy atom. The Bertz CT molecular complexity index is 898. The van der Waals surface area contributed by atoms with E-state index in [9.17, 15) is 4.79 Å². The monoisotopic (exact) mass is 358 g/mol. The van der Waals surface area contributed by atoms with Crippen LogP contribution in [0.15, 0.2) is 46.3 Å². The molecule has 4 rings (SSSR count). The fourth-order valence-corrected chi connectivity index (χ4v) is 3.59. The zero-order valence-corrected chi connectivity index (χ0v) is 14.6. The molecule has 1 saturated carbocycles. The summed E-state index contributed by atoms with van der Waals surface area (Å²) in [6.07, 6.45) is 1.55. The van der Waals surface area contributed by atoms with Gasteiger partial charge in [0, 0.05) is 16.8 Å². The number of carbonyl (C=O) groups excluding carboxylic acids is 1. The topological polar surface area (TPSA) is 55.1 Å². The van der Waals surface area contributed by atoms with Crippen molar-refractivity contribution < 1.29 is 9.32 Å². The van der Waals surface area contributed by atoms with Crippen LogP contribution in [0.5, 0.6) is 0 Å². The van der Waals surface area contributed by atoms with E-state index >= 15 is 0 Å². The Hall–Kier alpha value is -2.11. The van der Waals surface area contributed by atoms with E-state index in [1.54, 1.807) is 11.3 Å². The van der Waals surface area contributed by atoms with Crippen LogP contribution in [0.3, 0.4) is 0 Å². The second-order valence-corrected chi connectivity index (χ2v) is 7.36. The summed E-state index contributed by atoms with van der Waals surface area (Å²) in [5, 5.41) is 9.77. The van der Waals surface area contributed by atoms with Gasteiger partial charge in [-0.2, -0.15) is 0 Å². The van der Waals surface area contributed by atoms with Crippen molar-refractivity contribution in [2.75, 3.05) is 5.32 Å². The largest absolute Gasteiger partial charge is 0.355 e. The van der Waals surface area contributed by atoms with E-state index < -0.39 is 5.41 Å². The van der Waals surface area contributed by atoms with E-state index in [1.807, 2.05) is 48.7 Å². The molecular weight excluding hydrogens is 344 g/mol. The maximum atomic E-state index is 12.8. The predicted molar refractivity (Wildman–Crippen MR) is 95.5 cm³/mol. The molecule has 0 unspecified atom stereocenters. The first-order valence-corrected chi connectivity index (χ1v) is 8.93. The lowest BCUT2D eigenvalue weighted by molar-refractivity contribution is -0.118. The van der Waals surface area contributed by atoms with Gasteiger partial charge in [-0.3, -0.25) is 4.79 Å². The third kappa shape index (κ3) is 2.54. The van der Waals surface area contributed by atoms with E-state index in [-0.39, 0.29) is 5.91 Å². The Morgan fingerprint density at radius 1 is 1.33 bits per heavy atom. The van der Waals surface area contributed by atoms with Gasteiger partial charge in [0.15, 0.2) is 5.76 Å². The zero-order chi connectivity index (χ0) is 16.7. The predicted octanol–water partition coefficient (Wildman–Crippen LogP) is 5.04. The van der Waals surface area contributed by atoms with Gasteiger partial charge in [-0.15, -0.1) is 11.3 Å². The summed E-state index contributed by atoms with van der Waals surface area (Å²) in [6, 6.07) is 11.3. The molecular formula is C18H15ClN2O2S. The highest BCUT2D eigenvalue weighted by Gasteiger charge is 2.54. The number of anilines is 1. The maximum absolute atomic E-state index is 12.8. The first-order valence-electron chi connectivity index (χ1n) is 7.68. The van der Waals surface area contributed by atoms with Crippen molar-refractivity contribution in [3.05, 3.63) is 58.1 Å². The highest BCUT2D eigenvalue weighted by molar-refractivity contribution is 7.13. The molecule has 0 aliphatic heterocycles. The van der Waals surface area contributed by atoms with E-state index in [4.69, 9.17) is 16.1 Å². The summed E-state index contributed by atoms with van der Waals surface area (Å²) in [7, 11) is 0. The van der Waals surface area contributed by atoms with Crippen molar-refractivity contribution in [3.63, 3.8) is 0 Å². The van der Waals surface area contributed by atoms with Crippen LogP contribution in [0, 0.1) is 6.92 Å². The van der Waals surface area contributed by atoms with Gasteiger partial charge in [0.1, 0.15) is 0 Å². The van der Waals surface area contributed by atoms with E-state index in [1.165, 1.54) is 0 Å². The lowest BCUT2D eigenvalue weighted by Gasteiger charge is -2.14. The average molecular weight is 359 g/mol. The standard InChI is InChI=1S/C18H15ClN2O2S/c1-11-12(19)4-2-5-13(11)20-17(22)18(7-8-18)16-10-14(23-21-16)15-6-3-9-24-15/h2-6,9-10H,7-8H2,1H3,(H,20,22). The summed E-state index contributed by atoms with van der Waals surface area (Å²) >= 11 is 7.71. The summed E-state index contributed by atoms with van der Waals surface area (Å²) in [5.41, 5.74) is 1.71. The fourth-order valence-electron chi connectivity index (χ4n) is 2.74. The van der Waals surface area contributed by atoms with Gasteiger partial charge in [0.05, 0.1) is 16.0 Å². The molecule has 4 nitrogen and oxygen atoms in total. The van der Waals surface area contributed by atoms with Gasteiger partial charge in [0.2, 0.25) is 5.91 Å². The number of nitrogens with one attached hydrogen (secondary N) is 1. The third-order valence-electron chi connectivity index (χ3n) is 4.47. The average Bonchev–Trinajstić information content (AvgIpc) is 3.01. The molecule has 1 fully saturated rings. The number of aromatic nitrogens is 1. The molecule has 0 radical (unpaired) electrons. The first kappa shape index (κ1) is 15.4. The maximum Gasteiger partial charge on any atom is 0.236 e. The minimum atomic E-state index is -0.590. The third-order valence-corrected chi connectivity index (χ3v) is 5.76. The Kier molecular flexibility index (Phi) is 3.70. The van der Waals surface area contributed by atoms with E-state index in [0.717, 1.165) is 29.0 Å². The van der Waals surface area contributed by atoms with Crippen LogP contribution >= 0.6 is 22.9 Å². The number of halogens is 1. The lowest BCUT2D eigenvalue weighted by Crippen LogP contribution is -2.28. The number of thiophene rings is 1. The Balaban J connectivity index is 1.59. The highest BCUT2D eigenvalue weighted by Crippen LogP contribution is 2.49. The van der Waals surface area contributed by atoms with E-state index in [0.29, 0.717) is 16.5 Å². The van der Waals surface area contributed by atoms with Gasteiger partial charge in [0.25, 0.3) is 0 Å². The van der Waals surface area contributed by atoms with Gasteiger partial charge < -0.3 is 9.84 Å². The molecule has 0 saturated heterocycles. The van der Waals surface area contributed by atoms with E-state index in [2.05, 4.69) is 10.5 Å². The van der Waals surface area contributed by atoms with Gasteiger partial charge >= 0.3 is 0 Å². The van der Waals surface area contributed by atoms with Gasteiger partial charge in [-0.1, -0.05) is 28.9 Å². The quantitative estimate of drug-likeness (QED) is 0.711. The molecule has 0 atom stereocenters. The molecule has 2 heterocycles. The molecule has 1 N–H and O–H groups in total. The molecule has 0 bridgehead atoms. The van der Waals surface area contributed by atoms with Crippen LogP contribution in [0.2, 0.25) is 5.02 Å². The number of benzene rings is 1. The molecule has 3 aromatic rings. The van der Waals surface area contributed by atoms with Crippen LogP contribution in [0.4, 0.5) is 5.69 Å². The van der Waals surface area contributed by atoms with Crippen molar-refractivity contribution in [2.24, 2.45) is 0 Å². The molecule has 6 heteroatoms. The van der Waals surface area contributed by atoms with Crippen LogP contribution in [-0.2, 0) is 10.2 Å². The summed E-state index contributed by atoms with van der Waals surface area (Å²) < 4.78 is 5.44. The van der Waals surface area contributed by atoms with Crippen molar-refractivity contribution >= 4 is 34.5 Å². The van der Waals surface area contributed by atoms with Crippen molar-refractivity contribution in [3.8, 4) is 10.6 Å². The molecule has 1 aromatic carbocycles. The van der Waals surface area contributed by atoms with Crippen molar-refractivity contribution in [1.29, 1.82) is 0 Å². The number of nitrogens with zero attached hydrogens (tertiary/aromatic N) is 1. The molecule has 1 amide bonds. The van der Waals surface area contributed by atoms with Gasteiger partial charge in [-0.25, -0.2) is 0 Å². The molecule has 1 aliphatic rings. The van der Waals surface area contributed by atoms with Crippen molar-refractivity contribution in [2.45, 2.75) is 25.2 Å². The molecule has 1 aliphatic carbocycles. The van der Waals surface area contributed by atoms with Crippen LogP contribution in [-0.4, -0.2) is 11.1 Å². The summed E-state index contributed by atoms with van der Waals surface area (Å²) in [4.78, 5) is 13.8. The number of rotatable bonds is 4. The zero-order valence-electron chi connectivity index (χ0n) is 13.0. The number of carbonyl (C=O) groups is 1. The summed E-state index contributed by atoms with van der Waals surface area (Å²) in [6.45, 7) is 1.89. The van der Waals surface area contributed by atoms with Crippen LogP contribution in [0.1, 0.15) is 24.1 Å². The fraction of sp³-hybridized carbons (Fsp3) is 0.222. The number of amides is 1. The Labute approximate surface area is 148 Å². The smallest absolute Gasteiger partial charge is 0.236 e. The first-order chi connectivity index (χ1) is 11.6. The second-order valence-electron chi connectivity index (χ2n) is 6.00. The molecule has 0 spiro atoms. The minimum Gasteiger partial charge on any atom is -0.355 e. The second kappa shape index (κ2) is 5.76. The van der Waals surface area contributed by atoms with Crippen LogP contribution in [0.25, 0.3) is 10.6 Å². The molecule has 2 aromatic heterocycles. The van der Waals surface area contributed by atoms with Crippen molar-refractivity contribution in [1.82, 2.24) is 5.16 Å². The molecule has 122 valence electrons. The van der Waals surface area contributed by atoms with Crippen LogP contribution < -0.4 is 5.32 Å². The highest BCUT2D eigenvalue weighted by atomic mass is 35.5. The summed E-state index contributed by atoms with van der Waals surface area (Å²) in [5.74, 6) is 0.650. The SMILES string of the molecule is Cc1c(Cl)cccc1NC(=O)C1(c2cc(-c3cccs3)on2)CC1. The number of hydrogen-bond donors (Lipinski definition) is 1. The van der Waals surface area contributed by atoms with Gasteiger partial charge in [-0.05, 0) is 48.9 Å². The normalized spacial score (nSPS) is 15.2.